The Morgan fingerprint density at radius 1 is 1.20 bits per heavy atom. The molecule has 0 saturated heterocycles. The van der Waals surface area contributed by atoms with Crippen molar-refractivity contribution in [3.63, 3.8) is 0 Å². The standard InChI is InChI=1S/C21H25N9/c1-12(2)30-13(3)25-16-9-24-19(8-17(16)30)26-18-6-7-23-21(27-18)15-11-29(28-20(15)22)10-14-4-5-14/h6-9,11-12,14H,4-5,10H2,1-3H3,(H2,22,28)(H,23,24,26,27). The predicted molar refractivity (Wildman–Crippen MR) is 116 cm³/mol. The van der Waals surface area contributed by atoms with Crippen LogP contribution in [0.4, 0.5) is 17.5 Å². The van der Waals surface area contributed by atoms with Gasteiger partial charge in [-0.05, 0) is 45.6 Å². The Balaban J connectivity index is 1.43. The summed E-state index contributed by atoms with van der Waals surface area (Å²) >= 11 is 0. The third-order valence-corrected chi connectivity index (χ3v) is 5.35. The fraction of sp³-hybridized carbons (Fsp3) is 0.381. The summed E-state index contributed by atoms with van der Waals surface area (Å²) in [6.07, 6.45) is 7.95. The molecule has 0 amide bonds. The molecule has 4 heterocycles. The third-order valence-electron chi connectivity index (χ3n) is 5.35. The number of hydrogen-bond acceptors (Lipinski definition) is 7. The van der Waals surface area contributed by atoms with Crippen molar-refractivity contribution in [2.75, 3.05) is 11.1 Å². The van der Waals surface area contributed by atoms with Crippen LogP contribution in [0.5, 0.6) is 0 Å². The summed E-state index contributed by atoms with van der Waals surface area (Å²) in [6.45, 7) is 7.20. The Kier molecular flexibility index (Phi) is 4.38. The van der Waals surface area contributed by atoms with Crippen molar-refractivity contribution in [1.82, 2.24) is 34.3 Å². The Hall–Kier alpha value is -3.49. The van der Waals surface area contributed by atoms with E-state index in [1.807, 2.05) is 29.9 Å². The van der Waals surface area contributed by atoms with Gasteiger partial charge in [0.15, 0.2) is 11.6 Å². The molecule has 0 aliphatic heterocycles. The Morgan fingerprint density at radius 2 is 2.03 bits per heavy atom. The first-order valence-corrected chi connectivity index (χ1v) is 10.3. The van der Waals surface area contributed by atoms with E-state index in [0.717, 1.165) is 34.9 Å². The van der Waals surface area contributed by atoms with Crippen LogP contribution in [-0.4, -0.2) is 34.3 Å². The lowest BCUT2D eigenvalue weighted by Crippen LogP contribution is -2.03. The minimum absolute atomic E-state index is 0.311. The molecular weight excluding hydrogens is 378 g/mol. The van der Waals surface area contributed by atoms with Crippen LogP contribution in [0.3, 0.4) is 0 Å². The van der Waals surface area contributed by atoms with E-state index in [1.165, 1.54) is 12.8 Å². The molecule has 1 fully saturated rings. The topological polar surface area (TPSA) is 112 Å². The van der Waals surface area contributed by atoms with Gasteiger partial charge in [-0.3, -0.25) is 4.68 Å². The van der Waals surface area contributed by atoms with E-state index in [9.17, 15) is 0 Å². The highest BCUT2D eigenvalue weighted by molar-refractivity contribution is 5.79. The first-order valence-electron chi connectivity index (χ1n) is 10.3. The lowest BCUT2D eigenvalue weighted by molar-refractivity contribution is 0.565. The fourth-order valence-electron chi connectivity index (χ4n) is 3.80. The number of aryl methyl sites for hydroxylation is 1. The maximum absolute atomic E-state index is 6.13. The largest absolute Gasteiger partial charge is 0.382 e. The van der Waals surface area contributed by atoms with Gasteiger partial charge in [0.05, 0.1) is 17.3 Å². The average molecular weight is 403 g/mol. The van der Waals surface area contributed by atoms with Crippen LogP contribution in [0.1, 0.15) is 38.6 Å². The smallest absolute Gasteiger partial charge is 0.166 e. The molecule has 0 aromatic carbocycles. The molecule has 0 atom stereocenters. The van der Waals surface area contributed by atoms with Crippen LogP contribution in [0, 0.1) is 12.8 Å². The molecule has 0 bridgehead atoms. The number of anilines is 3. The third kappa shape index (κ3) is 3.47. The summed E-state index contributed by atoms with van der Waals surface area (Å²) in [7, 11) is 0. The molecule has 3 N–H and O–H groups in total. The second kappa shape index (κ2) is 7.08. The molecule has 154 valence electrons. The van der Waals surface area contributed by atoms with E-state index in [1.54, 1.807) is 12.4 Å². The Bertz CT molecular complexity index is 1220. The van der Waals surface area contributed by atoms with E-state index in [4.69, 9.17) is 5.73 Å². The Labute approximate surface area is 174 Å². The van der Waals surface area contributed by atoms with Crippen molar-refractivity contribution in [1.29, 1.82) is 0 Å². The summed E-state index contributed by atoms with van der Waals surface area (Å²) in [5.74, 6) is 4.03. The zero-order valence-electron chi connectivity index (χ0n) is 17.4. The van der Waals surface area contributed by atoms with Crippen molar-refractivity contribution in [2.45, 2.75) is 46.2 Å². The molecule has 0 unspecified atom stereocenters. The van der Waals surface area contributed by atoms with Crippen LogP contribution >= 0.6 is 0 Å². The normalized spacial score (nSPS) is 14.0. The van der Waals surface area contributed by atoms with Crippen LogP contribution < -0.4 is 11.1 Å². The van der Waals surface area contributed by atoms with Crippen molar-refractivity contribution < 1.29 is 0 Å². The van der Waals surface area contributed by atoms with Gasteiger partial charge in [0.25, 0.3) is 0 Å². The van der Waals surface area contributed by atoms with Crippen LogP contribution in [-0.2, 0) is 6.54 Å². The molecule has 1 saturated carbocycles. The molecule has 1 aliphatic carbocycles. The lowest BCUT2D eigenvalue weighted by atomic mass is 10.3. The molecule has 9 nitrogen and oxygen atoms in total. The fourth-order valence-corrected chi connectivity index (χ4v) is 3.80. The summed E-state index contributed by atoms with van der Waals surface area (Å²) in [6, 6.07) is 4.12. The summed E-state index contributed by atoms with van der Waals surface area (Å²) in [4.78, 5) is 18.1. The van der Waals surface area contributed by atoms with Gasteiger partial charge in [-0.2, -0.15) is 5.10 Å². The number of nitrogen functional groups attached to an aromatic ring is 1. The Morgan fingerprint density at radius 3 is 2.80 bits per heavy atom. The molecule has 0 radical (unpaired) electrons. The van der Waals surface area contributed by atoms with E-state index in [2.05, 4.69) is 48.8 Å². The zero-order chi connectivity index (χ0) is 20.8. The van der Waals surface area contributed by atoms with Crippen molar-refractivity contribution >= 4 is 28.5 Å². The predicted octanol–water partition coefficient (Wildman–Crippen LogP) is 3.71. The minimum Gasteiger partial charge on any atom is -0.382 e. The van der Waals surface area contributed by atoms with Crippen LogP contribution in [0.25, 0.3) is 22.4 Å². The number of rotatable bonds is 6. The first kappa shape index (κ1) is 18.5. The molecule has 1 aliphatic rings. The van der Waals surface area contributed by atoms with Crippen LogP contribution in [0.15, 0.2) is 30.7 Å². The van der Waals surface area contributed by atoms with E-state index >= 15 is 0 Å². The molecular formula is C21H25N9. The van der Waals surface area contributed by atoms with Gasteiger partial charge < -0.3 is 15.6 Å². The summed E-state index contributed by atoms with van der Waals surface area (Å²) in [5.41, 5.74) is 8.80. The van der Waals surface area contributed by atoms with Gasteiger partial charge >= 0.3 is 0 Å². The van der Waals surface area contributed by atoms with Gasteiger partial charge in [0, 0.05) is 31.0 Å². The monoisotopic (exact) mass is 403 g/mol. The number of hydrogen-bond donors (Lipinski definition) is 2. The van der Waals surface area contributed by atoms with Crippen molar-refractivity contribution in [2.24, 2.45) is 5.92 Å². The van der Waals surface area contributed by atoms with Gasteiger partial charge in [0.1, 0.15) is 23.0 Å². The summed E-state index contributed by atoms with van der Waals surface area (Å²) in [5, 5.41) is 7.69. The highest BCUT2D eigenvalue weighted by Crippen LogP contribution is 2.32. The maximum atomic E-state index is 6.13. The molecule has 4 aromatic heterocycles. The number of imidazole rings is 1. The average Bonchev–Trinajstić information content (AvgIpc) is 3.34. The van der Waals surface area contributed by atoms with Gasteiger partial charge in [-0.1, -0.05) is 0 Å². The van der Waals surface area contributed by atoms with Crippen molar-refractivity contribution in [3.05, 3.63) is 36.5 Å². The first-order chi connectivity index (χ1) is 14.5. The SMILES string of the molecule is Cc1nc2cnc(Nc3ccnc(-c4cn(CC5CC5)nc4N)n3)cc2n1C(C)C. The highest BCUT2D eigenvalue weighted by Gasteiger charge is 2.23. The second-order valence-corrected chi connectivity index (χ2v) is 8.16. The minimum atomic E-state index is 0.311. The van der Waals surface area contributed by atoms with E-state index in [0.29, 0.717) is 29.3 Å². The number of nitrogens with one attached hydrogen (secondary N) is 1. The number of aromatic nitrogens is 7. The molecule has 0 spiro atoms. The lowest BCUT2D eigenvalue weighted by Gasteiger charge is -2.11. The second-order valence-electron chi connectivity index (χ2n) is 8.16. The number of pyridine rings is 1. The molecule has 30 heavy (non-hydrogen) atoms. The van der Waals surface area contributed by atoms with E-state index in [-0.39, 0.29) is 0 Å². The molecule has 4 aromatic rings. The number of nitrogens with zero attached hydrogens (tertiary/aromatic N) is 7. The van der Waals surface area contributed by atoms with Crippen molar-refractivity contribution in [3.8, 4) is 11.4 Å². The molecule has 5 rings (SSSR count). The maximum Gasteiger partial charge on any atom is 0.166 e. The molecule has 9 heteroatoms. The summed E-state index contributed by atoms with van der Waals surface area (Å²) < 4.78 is 4.10. The van der Waals surface area contributed by atoms with Gasteiger partial charge in [-0.15, -0.1) is 0 Å². The number of fused-ring (bicyclic) bond motifs is 1. The zero-order valence-corrected chi connectivity index (χ0v) is 17.4. The van der Waals surface area contributed by atoms with Gasteiger partial charge in [-0.25, -0.2) is 19.9 Å². The van der Waals surface area contributed by atoms with Gasteiger partial charge in [0.2, 0.25) is 0 Å². The van der Waals surface area contributed by atoms with Crippen LogP contribution in [0.2, 0.25) is 0 Å². The highest BCUT2D eigenvalue weighted by atomic mass is 15.3. The number of nitrogens with two attached hydrogens (primary N) is 1. The quantitative estimate of drug-likeness (QED) is 0.504. The van der Waals surface area contributed by atoms with E-state index < -0.39 is 0 Å².